The quantitative estimate of drug-likeness (QED) is 0.608. The fourth-order valence-electron chi connectivity index (χ4n) is 1.17. The molecule has 4 nitrogen and oxygen atoms in total. The number of aliphatic carboxylic acids is 1. The molecule has 0 aromatic heterocycles. The number of carboxylic acids is 1. The van der Waals surface area contributed by atoms with Crippen molar-refractivity contribution in [2.45, 2.75) is 13.5 Å². The third kappa shape index (κ3) is 4.70. The number of hydrogen-bond donors (Lipinski definition) is 1. The molecule has 0 heterocycles. The lowest BCUT2D eigenvalue weighted by Crippen LogP contribution is -1.99. The van der Waals surface area contributed by atoms with E-state index in [1.54, 1.807) is 20.1 Å². The molecule has 0 saturated heterocycles. The lowest BCUT2D eigenvalue weighted by molar-refractivity contribution is -0.132. The van der Waals surface area contributed by atoms with E-state index in [1.807, 2.05) is 24.3 Å². The Morgan fingerprint density at radius 3 is 2.53 bits per heavy atom. The third-order valence-electron chi connectivity index (χ3n) is 2.27. The van der Waals surface area contributed by atoms with Crippen molar-refractivity contribution in [2.75, 3.05) is 13.7 Å². The molecule has 1 aromatic rings. The molecule has 0 saturated carbocycles. The van der Waals surface area contributed by atoms with Gasteiger partial charge in [-0.1, -0.05) is 12.1 Å². The molecule has 17 heavy (non-hydrogen) atoms. The van der Waals surface area contributed by atoms with Crippen molar-refractivity contribution in [3.8, 4) is 5.75 Å². The van der Waals surface area contributed by atoms with Gasteiger partial charge in [0.15, 0.2) is 0 Å². The number of rotatable bonds is 6. The smallest absolute Gasteiger partial charge is 0.331 e. The number of carbonyl (C=O) groups is 1. The Bertz CT molecular complexity index is 392. The molecule has 0 unspecified atom stereocenters. The number of ether oxygens (including phenoxy) is 2. The van der Waals surface area contributed by atoms with E-state index in [9.17, 15) is 4.79 Å². The molecule has 0 aliphatic rings. The summed E-state index contributed by atoms with van der Waals surface area (Å²) in [6.45, 7) is 2.29. The van der Waals surface area contributed by atoms with Crippen LogP contribution in [0.3, 0.4) is 0 Å². The van der Waals surface area contributed by atoms with Crippen molar-refractivity contribution < 1.29 is 19.4 Å². The topological polar surface area (TPSA) is 55.8 Å². The Morgan fingerprint density at radius 2 is 2.00 bits per heavy atom. The van der Waals surface area contributed by atoms with E-state index < -0.39 is 5.97 Å². The third-order valence-corrected chi connectivity index (χ3v) is 2.27. The molecule has 0 fully saturated rings. The van der Waals surface area contributed by atoms with E-state index in [-0.39, 0.29) is 0 Å². The molecule has 0 atom stereocenters. The predicted molar refractivity (Wildman–Crippen MR) is 64.0 cm³/mol. The Kier molecular flexibility index (Phi) is 5.23. The highest BCUT2D eigenvalue weighted by molar-refractivity contribution is 5.85. The van der Waals surface area contributed by atoms with Crippen molar-refractivity contribution in [2.24, 2.45) is 0 Å². The van der Waals surface area contributed by atoms with Crippen LogP contribution in [0.2, 0.25) is 0 Å². The Morgan fingerprint density at radius 1 is 1.35 bits per heavy atom. The summed E-state index contributed by atoms with van der Waals surface area (Å²) in [5, 5.41) is 8.62. The van der Waals surface area contributed by atoms with Crippen LogP contribution in [-0.2, 0) is 16.1 Å². The first kappa shape index (κ1) is 13.3. The van der Waals surface area contributed by atoms with E-state index >= 15 is 0 Å². The summed E-state index contributed by atoms with van der Waals surface area (Å²) >= 11 is 0. The molecule has 1 rings (SSSR count). The van der Waals surface area contributed by atoms with Gasteiger partial charge in [0.1, 0.15) is 5.75 Å². The highest BCUT2D eigenvalue weighted by atomic mass is 16.5. The summed E-state index contributed by atoms with van der Waals surface area (Å²) in [5.74, 6) is -0.117. The predicted octanol–water partition coefficient (Wildman–Crippen LogP) is 2.24. The summed E-state index contributed by atoms with van der Waals surface area (Å²) in [6, 6.07) is 7.53. The highest BCUT2D eigenvalue weighted by Crippen LogP contribution is 2.11. The van der Waals surface area contributed by atoms with Crippen LogP contribution in [0.15, 0.2) is 35.9 Å². The van der Waals surface area contributed by atoms with E-state index in [2.05, 4.69) is 0 Å². The second-order valence-electron chi connectivity index (χ2n) is 3.56. The Labute approximate surface area is 100 Å². The zero-order valence-electron chi connectivity index (χ0n) is 9.97. The van der Waals surface area contributed by atoms with E-state index in [4.69, 9.17) is 14.6 Å². The molecular weight excluding hydrogens is 220 g/mol. The van der Waals surface area contributed by atoms with Gasteiger partial charge >= 0.3 is 5.97 Å². The van der Waals surface area contributed by atoms with E-state index in [0.717, 1.165) is 11.3 Å². The van der Waals surface area contributed by atoms with Gasteiger partial charge in [0.25, 0.3) is 0 Å². The van der Waals surface area contributed by atoms with Crippen LogP contribution in [0.25, 0.3) is 0 Å². The molecule has 1 N–H and O–H groups in total. The number of benzene rings is 1. The van der Waals surface area contributed by atoms with Gasteiger partial charge in [-0.3, -0.25) is 0 Å². The summed E-state index contributed by atoms with van der Waals surface area (Å²) in [4.78, 5) is 10.5. The van der Waals surface area contributed by atoms with Crippen molar-refractivity contribution in [3.05, 3.63) is 41.5 Å². The van der Waals surface area contributed by atoms with Gasteiger partial charge in [0.2, 0.25) is 0 Å². The summed E-state index contributed by atoms with van der Waals surface area (Å²) in [6.07, 6.45) is 1.55. The molecule has 0 amide bonds. The standard InChI is InChI=1S/C13H16O4/c1-10(13(14)15)7-8-17-9-11-3-5-12(16-2)6-4-11/h3-7H,8-9H2,1-2H3,(H,14,15). The molecule has 0 bridgehead atoms. The Hall–Kier alpha value is -1.81. The first-order valence-electron chi connectivity index (χ1n) is 5.24. The first-order valence-corrected chi connectivity index (χ1v) is 5.24. The van der Waals surface area contributed by atoms with Crippen LogP contribution >= 0.6 is 0 Å². The molecule has 0 aliphatic heterocycles. The lowest BCUT2D eigenvalue weighted by atomic mass is 10.2. The van der Waals surface area contributed by atoms with Gasteiger partial charge in [0, 0.05) is 5.57 Å². The largest absolute Gasteiger partial charge is 0.497 e. The van der Waals surface area contributed by atoms with E-state index in [1.165, 1.54) is 0 Å². The van der Waals surface area contributed by atoms with E-state index in [0.29, 0.717) is 18.8 Å². The molecular formula is C13H16O4. The van der Waals surface area contributed by atoms with Crippen molar-refractivity contribution in [1.29, 1.82) is 0 Å². The molecule has 4 heteroatoms. The maximum Gasteiger partial charge on any atom is 0.331 e. The Balaban J connectivity index is 2.36. The molecule has 0 spiro atoms. The minimum atomic E-state index is -0.918. The van der Waals surface area contributed by atoms with Crippen LogP contribution in [0.1, 0.15) is 12.5 Å². The maximum absolute atomic E-state index is 10.5. The molecule has 92 valence electrons. The van der Waals surface area contributed by atoms with Crippen molar-refractivity contribution in [3.63, 3.8) is 0 Å². The zero-order chi connectivity index (χ0) is 12.7. The molecule has 0 radical (unpaired) electrons. The van der Waals surface area contributed by atoms with Crippen LogP contribution < -0.4 is 4.74 Å². The second-order valence-corrected chi connectivity index (χ2v) is 3.56. The van der Waals surface area contributed by atoms with Crippen LogP contribution in [-0.4, -0.2) is 24.8 Å². The fraction of sp³-hybridized carbons (Fsp3) is 0.308. The number of carboxylic acid groups (broad SMARTS) is 1. The average molecular weight is 236 g/mol. The fourth-order valence-corrected chi connectivity index (χ4v) is 1.17. The normalized spacial score (nSPS) is 11.3. The van der Waals surface area contributed by atoms with Crippen LogP contribution in [0, 0.1) is 0 Å². The first-order chi connectivity index (χ1) is 8.13. The highest BCUT2D eigenvalue weighted by Gasteiger charge is 1.98. The number of methoxy groups -OCH3 is 1. The lowest BCUT2D eigenvalue weighted by Gasteiger charge is -2.03. The maximum atomic E-state index is 10.5. The van der Waals surface area contributed by atoms with Gasteiger partial charge in [-0.15, -0.1) is 0 Å². The second kappa shape index (κ2) is 6.70. The van der Waals surface area contributed by atoms with Crippen LogP contribution in [0.4, 0.5) is 0 Å². The van der Waals surface area contributed by atoms with Gasteiger partial charge in [0.05, 0.1) is 20.3 Å². The van der Waals surface area contributed by atoms with Crippen molar-refractivity contribution in [1.82, 2.24) is 0 Å². The van der Waals surface area contributed by atoms with Gasteiger partial charge in [-0.2, -0.15) is 0 Å². The van der Waals surface area contributed by atoms with Gasteiger partial charge in [-0.25, -0.2) is 4.79 Å². The van der Waals surface area contributed by atoms with Crippen LogP contribution in [0.5, 0.6) is 5.75 Å². The summed E-state index contributed by atoms with van der Waals surface area (Å²) < 4.78 is 10.4. The summed E-state index contributed by atoms with van der Waals surface area (Å²) in [7, 11) is 1.62. The summed E-state index contributed by atoms with van der Waals surface area (Å²) in [5.41, 5.74) is 1.31. The van der Waals surface area contributed by atoms with Crippen molar-refractivity contribution >= 4 is 5.97 Å². The average Bonchev–Trinajstić information content (AvgIpc) is 2.35. The SMILES string of the molecule is COc1ccc(COCC=C(C)C(=O)O)cc1. The van der Waals surface area contributed by atoms with Gasteiger partial charge < -0.3 is 14.6 Å². The molecule has 1 aromatic carbocycles. The minimum absolute atomic E-state index is 0.291. The van der Waals surface area contributed by atoms with Gasteiger partial charge in [-0.05, 0) is 30.7 Å². The minimum Gasteiger partial charge on any atom is -0.497 e. The monoisotopic (exact) mass is 236 g/mol. The molecule has 0 aliphatic carbocycles. The number of hydrogen-bond acceptors (Lipinski definition) is 3. The zero-order valence-corrected chi connectivity index (χ0v) is 9.97.